The number of fused-ring (bicyclic) bond motifs is 1. The van der Waals surface area contributed by atoms with E-state index in [1.807, 2.05) is 30.3 Å². The molecule has 0 aliphatic carbocycles. The van der Waals surface area contributed by atoms with Crippen molar-refractivity contribution in [2.75, 3.05) is 50.2 Å². The van der Waals surface area contributed by atoms with Crippen molar-refractivity contribution < 1.29 is 9.47 Å². The SMILES string of the molecule is COc1ccc(OC)c2c(C)cc(N3CCN(c4cccc(Cl)c4)CC3)nc12. The lowest BCUT2D eigenvalue weighted by Gasteiger charge is -2.37. The van der Waals surface area contributed by atoms with Crippen LogP contribution in [-0.2, 0) is 0 Å². The van der Waals surface area contributed by atoms with E-state index in [1.54, 1.807) is 14.2 Å². The van der Waals surface area contributed by atoms with Crippen LogP contribution in [-0.4, -0.2) is 45.4 Å². The van der Waals surface area contributed by atoms with Crippen LogP contribution in [0.3, 0.4) is 0 Å². The number of aryl methyl sites for hydroxylation is 1. The van der Waals surface area contributed by atoms with Crippen LogP contribution in [0, 0.1) is 6.92 Å². The quantitative estimate of drug-likeness (QED) is 0.646. The van der Waals surface area contributed by atoms with Gasteiger partial charge in [0.1, 0.15) is 22.8 Å². The zero-order valence-electron chi connectivity index (χ0n) is 16.4. The van der Waals surface area contributed by atoms with E-state index in [1.165, 1.54) is 5.69 Å². The largest absolute Gasteiger partial charge is 0.496 e. The minimum absolute atomic E-state index is 0.762. The van der Waals surface area contributed by atoms with Crippen LogP contribution < -0.4 is 19.3 Å². The van der Waals surface area contributed by atoms with E-state index in [0.29, 0.717) is 0 Å². The molecule has 1 aromatic heterocycles. The number of piperazine rings is 1. The molecule has 1 saturated heterocycles. The highest BCUT2D eigenvalue weighted by atomic mass is 35.5. The molecule has 0 bridgehead atoms. The number of nitrogens with zero attached hydrogens (tertiary/aromatic N) is 3. The summed E-state index contributed by atoms with van der Waals surface area (Å²) in [6.07, 6.45) is 0. The summed E-state index contributed by atoms with van der Waals surface area (Å²) in [5.74, 6) is 2.55. The third-order valence-corrected chi connectivity index (χ3v) is 5.52. The molecule has 0 amide bonds. The zero-order valence-corrected chi connectivity index (χ0v) is 17.2. The van der Waals surface area contributed by atoms with Gasteiger partial charge in [0.15, 0.2) is 0 Å². The number of pyridine rings is 1. The molecule has 1 aliphatic rings. The van der Waals surface area contributed by atoms with Crippen molar-refractivity contribution in [3.8, 4) is 11.5 Å². The fourth-order valence-electron chi connectivity index (χ4n) is 3.82. The van der Waals surface area contributed by atoms with Gasteiger partial charge in [0.2, 0.25) is 0 Å². The fourth-order valence-corrected chi connectivity index (χ4v) is 4.01. The summed E-state index contributed by atoms with van der Waals surface area (Å²) in [5, 5.41) is 1.77. The molecule has 1 aliphatic heterocycles. The van der Waals surface area contributed by atoms with Gasteiger partial charge in [-0.15, -0.1) is 0 Å². The second kappa shape index (κ2) is 7.76. The van der Waals surface area contributed by atoms with Gasteiger partial charge in [0.05, 0.1) is 14.2 Å². The first-order valence-corrected chi connectivity index (χ1v) is 9.76. The van der Waals surface area contributed by atoms with E-state index in [9.17, 15) is 0 Å². The maximum Gasteiger partial charge on any atom is 0.145 e. The predicted octanol–water partition coefficient (Wildman–Crippen LogP) is 4.54. The van der Waals surface area contributed by atoms with Gasteiger partial charge in [-0.25, -0.2) is 4.98 Å². The lowest BCUT2D eigenvalue weighted by Crippen LogP contribution is -2.46. The number of methoxy groups -OCH3 is 2. The van der Waals surface area contributed by atoms with Crippen molar-refractivity contribution in [2.24, 2.45) is 0 Å². The van der Waals surface area contributed by atoms with Gasteiger partial charge in [-0.05, 0) is 48.9 Å². The summed E-state index contributed by atoms with van der Waals surface area (Å²) in [5.41, 5.74) is 3.14. The molecule has 6 heteroatoms. The normalized spacial score (nSPS) is 14.4. The smallest absolute Gasteiger partial charge is 0.145 e. The monoisotopic (exact) mass is 397 g/mol. The molecule has 2 heterocycles. The molecule has 4 rings (SSSR count). The Balaban J connectivity index is 1.62. The second-order valence-electron chi connectivity index (χ2n) is 6.95. The molecule has 1 fully saturated rings. The molecule has 0 atom stereocenters. The molecule has 146 valence electrons. The first-order chi connectivity index (χ1) is 13.6. The van der Waals surface area contributed by atoms with Crippen molar-refractivity contribution in [1.82, 2.24) is 4.98 Å². The molecule has 5 nitrogen and oxygen atoms in total. The third kappa shape index (κ3) is 3.42. The lowest BCUT2D eigenvalue weighted by molar-refractivity contribution is 0.409. The Morgan fingerprint density at radius 1 is 0.893 bits per heavy atom. The second-order valence-corrected chi connectivity index (χ2v) is 7.38. The number of aromatic nitrogens is 1. The number of ether oxygens (including phenoxy) is 2. The minimum atomic E-state index is 0.762. The maximum absolute atomic E-state index is 6.15. The summed E-state index contributed by atoms with van der Waals surface area (Å²) in [7, 11) is 3.36. The molecule has 2 aromatic carbocycles. The Kier molecular flexibility index (Phi) is 5.18. The predicted molar refractivity (Wildman–Crippen MR) is 115 cm³/mol. The molecule has 0 N–H and O–H groups in total. The zero-order chi connectivity index (χ0) is 19.7. The molecular formula is C22H24ClN3O2. The van der Waals surface area contributed by atoms with Gasteiger partial charge >= 0.3 is 0 Å². The summed E-state index contributed by atoms with van der Waals surface area (Å²) < 4.78 is 11.1. The molecule has 3 aromatic rings. The standard InChI is InChI=1S/C22H24ClN3O2/c1-15-13-20(24-22-19(28-3)8-7-18(27-2)21(15)22)26-11-9-25(10-12-26)17-6-4-5-16(23)14-17/h4-8,13-14H,9-12H2,1-3H3. The third-order valence-electron chi connectivity index (χ3n) is 5.29. The summed E-state index contributed by atoms with van der Waals surface area (Å²) in [4.78, 5) is 9.62. The highest BCUT2D eigenvalue weighted by Gasteiger charge is 2.21. The van der Waals surface area contributed by atoms with Crippen LogP contribution in [0.5, 0.6) is 11.5 Å². The maximum atomic E-state index is 6.15. The van der Waals surface area contributed by atoms with Gasteiger partial charge in [-0.1, -0.05) is 17.7 Å². The number of hydrogen-bond donors (Lipinski definition) is 0. The van der Waals surface area contributed by atoms with Crippen molar-refractivity contribution in [1.29, 1.82) is 0 Å². The summed E-state index contributed by atoms with van der Waals surface area (Å²) >= 11 is 6.15. The number of benzene rings is 2. The molecule has 0 unspecified atom stereocenters. The van der Waals surface area contributed by atoms with Gasteiger partial charge < -0.3 is 19.3 Å². The molecule has 0 saturated carbocycles. The lowest BCUT2D eigenvalue weighted by atomic mass is 10.1. The number of hydrogen-bond acceptors (Lipinski definition) is 5. The molecule has 28 heavy (non-hydrogen) atoms. The van der Waals surface area contributed by atoms with Crippen LogP contribution in [0.4, 0.5) is 11.5 Å². The Hall–Kier alpha value is -2.66. The molecule has 0 spiro atoms. The highest BCUT2D eigenvalue weighted by Crippen LogP contribution is 2.36. The van der Waals surface area contributed by atoms with Crippen LogP contribution in [0.2, 0.25) is 5.02 Å². The van der Waals surface area contributed by atoms with Crippen molar-refractivity contribution in [2.45, 2.75) is 6.92 Å². The van der Waals surface area contributed by atoms with Gasteiger partial charge in [-0.3, -0.25) is 0 Å². The van der Waals surface area contributed by atoms with Crippen molar-refractivity contribution >= 4 is 34.0 Å². The van der Waals surface area contributed by atoms with Crippen LogP contribution >= 0.6 is 11.6 Å². The van der Waals surface area contributed by atoms with Crippen molar-refractivity contribution in [3.63, 3.8) is 0 Å². The van der Waals surface area contributed by atoms with Gasteiger partial charge in [-0.2, -0.15) is 0 Å². The first kappa shape index (κ1) is 18.7. The topological polar surface area (TPSA) is 37.8 Å². The van der Waals surface area contributed by atoms with Crippen molar-refractivity contribution in [3.05, 3.63) is 53.1 Å². The highest BCUT2D eigenvalue weighted by molar-refractivity contribution is 6.30. The first-order valence-electron chi connectivity index (χ1n) is 9.38. The molecule has 0 radical (unpaired) electrons. The van der Waals surface area contributed by atoms with Gasteiger partial charge in [0.25, 0.3) is 0 Å². The van der Waals surface area contributed by atoms with Crippen LogP contribution in [0.25, 0.3) is 10.9 Å². The average Bonchev–Trinajstić information content (AvgIpc) is 2.73. The minimum Gasteiger partial charge on any atom is -0.496 e. The average molecular weight is 398 g/mol. The number of anilines is 2. The van der Waals surface area contributed by atoms with E-state index in [2.05, 4.69) is 28.9 Å². The van der Waals surface area contributed by atoms with Crippen LogP contribution in [0.1, 0.15) is 5.56 Å². The van der Waals surface area contributed by atoms with E-state index in [-0.39, 0.29) is 0 Å². The Morgan fingerprint density at radius 2 is 1.57 bits per heavy atom. The van der Waals surface area contributed by atoms with E-state index in [0.717, 1.165) is 65.0 Å². The summed E-state index contributed by atoms with van der Waals surface area (Å²) in [6, 6.07) is 14.0. The number of halogens is 1. The van der Waals surface area contributed by atoms with Gasteiger partial charge in [0, 0.05) is 42.3 Å². The van der Waals surface area contributed by atoms with E-state index >= 15 is 0 Å². The number of rotatable bonds is 4. The fraction of sp³-hybridized carbons (Fsp3) is 0.318. The summed E-state index contributed by atoms with van der Waals surface area (Å²) in [6.45, 7) is 5.74. The van der Waals surface area contributed by atoms with Crippen LogP contribution in [0.15, 0.2) is 42.5 Å². The van der Waals surface area contributed by atoms with E-state index < -0.39 is 0 Å². The Bertz CT molecular complexity index is 1000. The Morgan fingerprint density at radius 3 is 2.25 bits per heavy atom. The molecular weight excluding hydrogens is 374 g/mol. The Labute approximate surface area is 170 Å². The van der Waals surface area contributed by atoms with E-state index in [4.69, 9.17) is 26.1 Å².